The van der Waals surface area contributed by atoms with Gasteiger partial charge in [-0.2, -0.15) is 0 Å². The Bertz CT molecular complexity index is 404. The molecule has 0 aliphatic rings. The summed E-state index contributed by atoms with van der Waals surface area (Å²) in [6, 6.07) is 0. The molecule has 0 aliphatic heterocycles. The Balaban J connectivity index is 3.15. The molecule has 8 nitrogen and oxygen atoms in total. The highest BCUT2D eigenvalue weighted by molar-refractivity contribution is 5.10. The monoisotopic (exact) mass is 194 g/mol. The molecule has 0 radical (unpaired) electrons. The summed E-state index contributed by atoms with van der Waals surface area (Å²) >= 11 is 0. The van der Waals surface area contributed by atoms with Crippen LogP contribution in [0, 0.1) is 10.1 Å². The Labute approximate surface area is 78.3 Å². The van der Waals surface area contributed by atoms with Crippen LogP contribution in [0.2, 0.25) is 0 Å². The van der Waals surface area contributed by atoms with Crippen LogP contribution in [-0.4, -0.2) is 14.5 Å². The average Bonchev–Trinajstić information content (AvgIpc) is 2.62. The predicted octanol–water partition coefficient (Wildman–Crippen LogP) is 1.79. The molecule has 0 fully saturated rings. The van der Waals surface area contributed by atoms with E-state index in [1.165, 1.54) is 18.5 Å². The van der Waals surface area contributed by atoms with Gasteiger partial charge in [-0.1, -0.05) is 11.6 Å². The topological polar surface area (TPSA) is 110 Å². The molecule has 1 unspecified atom stereocenters. The zero-order valence-corrected chi connectivity index (χ0v) is 7.02. The summed E-state index contributed by atoms with van der Waals surface area (Å²) in [4.78, 5) is 15.8. The van der Waals surface area contributed by atoms with E-state index in [2.05, 4.69) is 21.6 Å². The van der Waals surface area contributed by atoms with Gasteiger partial charge in [0.25, 0.3) is 0 Å². The molecule has 8 heteroatoms. The van der Waals surface area contributed by atoms with Crippen LogP contribution in [0.5, 0.6) is 0 Å². The van der Waals surface area contributed by atoms with Crippen molar-refractivity contribution >= 4 is 5.95 Å². The van der Waals surface area contributed by atoms with Crippen molar-refractivity contribution in [2.24, 2.45) is 5.11 Å². The van der Waals surface area contributed by atoms with E-state index in [0.717, 1.165) is 4.57 Å². The Kier molecular flexibility index (Phi) is 2.82. The van der Waals surface area contributed by atoms with Gasteiger partial charge in [0.1, 0.15) is 12.4 Å². The Morgan fingerprint density at radius 3 is 3.14 bits per heavy atom. The van der Waals surface area contributed by atoms with E-state index in [9.17, 15) is 10.1 Å². The summed E-state index contributed by atoms with van der Waals surface area (Å²) in [5, 5.41) is 13.8. The number of nitrogens with zero attached hydrogens (tertiary/aromatic N) is 6. The summed E-state index contributed by atoms with van der Waals surface area (Å²) in [5.74, 6) is -0.387. The first kappa shape index (κ1) is 9.75. The lowest BCUT2D eigenvalue weighted by atomic mass is 10.5. The summed E-state index contributed by atoms with van der Waals surface area (Å²) in [7, 11) is 0. The van der Waals surface area contributed by atoms with Crippen LogP contribution in [0.3, 0.4) is 0 Å². The Morgan fingerprint density at radius 2 is 2.64 bits per heavy atom. The molecule has 0 N–H and O–H groups in total. The molecule has 1 heterocycles. The van der Waals surface area contributed by atoms with Crippen LogP contribution < -0.4 is 0 Å². The van der Waals surface area contributed by atoms with Crippen LogP contribution in [0.4, 0.5) is 5.95 Å². The Morgan fingerprint density at radius 1 is 1.93 bits per heavy atom. The van der Waals surface area contributed by atoms with Crippen LogP contribution in [-0.2, 0) is 0 Å². The molecule has 1 rings (SSSR count). The molecule has 0 saturated carbocycles. The fourth-order valence-corrected chi connectivity index (χ4v) is 0.922. The van der Waals surface area contributed by atoms with Crippen molar-refractivity contribution in [2.45, 2.75) is 6.17 Å². The van der Waals surface area contributed by atoms with Gasteiger partial charge in [0, 0.05) is 4.91 Å². The number of hydrogen-bond donors (Lipinski definition) is 0. The third-order valence-corrected chi connectivity index (χ3v) is 1.48. The molecule has 0 spiro atoms. The van der Waals surface area contributed by atoms with E-state index >= 15 is 0 Å². The van der Waals surface area contributed by atoms with E-state index < -0.39 is 11.1 Å². The lowest BCUT2D eigenvalue weighted by Crippen LogP contribution is -2.06. The standard InChI is InChI=1S/C6H6N6O2/c1-2-5(9-10-7)11-4-3-8-6(11)12(13)14/h2-5H,1H2. The molecule has 0 bridgehead atoms. The zero-order chi connectivity index (χ0) is 10.6. The van der Waals surface area contributed by atoms with Crippen molar-refractivity contribution in [3.63, 3.8) is 0 Å². The molecule has 1 aromatic rings. The van der Waals surface area contributed by atoms with E-state index in [0.29, 0.717) is 0 Å². The van der Waals surface area contributed by atoms with Gasteiger partial charge < -0.3 is 10.1 Å². The minimum absolute atomic E-state index is 0.387. The first-order valence-electron chi connectivity index (χ1n) is 3.54. The van der Waals surface area contributed by atoms with Crippen molar-refractivity contribution in [1.29, 1.82) is 0 Å². The van der Waals surface area contributed by atoms with Gasteiger partial charge in [0.15, 0.2) is 6.17 Å². The minimum atomic E-state index is -0.831. The lowest BCUT2D eigenvalue weighted by Gasteiger charge is -2.04. The second kappa shape index (κ2) is 4.06. The van der Waals surface area contributed by atoms with Crippen LogP contribution in [0.1, 0.15) is 6.17 Å². The summed E-state index contributed by atoms with van der Waals surface area (Å²) < 4.78 is 1.12. The number of aromatic nitrogens is 2. The molecule has 0 aromatic carbocycles. The third kappa shape index (κ3) is 1.70. The van der Waals surface area contributed by atoms with Gasteiger partial charge in [-0.25, -0.2) is 4.57 Å². The van der Waals surface area contributed by atoms with Crippen molar-refractivity contribution in [3.8, 4) is 0 Å². The van der Waals surface area contributed by atoms with Crippen molar-refractivity contribution in [2.75, 3.05) is 0 Å². The smallest absolute Gasteiger partial charge is 0.390 e. The van der Waals surface area contributed by atoms with Gasteiger partial charge in [-0.15, -0.1) is 0 Å². The predicted molar refractivity (Wildman–Crippen MR) is 47.3 cm³/mol. The maximum atomic E-state index is 10.5. The zero-order valence-electron chi connectivity index (χ0n) is 7.02. The number of nitro groups is 1. The molecular formula is C6H6N6O2. The molecule has 1 aromatic heterocycles. The molecule has 72 valence electrons. The van der Waals surface area contributed by atoms with Gasteiger partial charge in [-0.05, 0) is 21.6 Å². The summed E-state index contributed by atoms with van der Waals surface area (Å²) in [6.07, 6.45) is 3.05. The first-order valence-corrected chi connectivity index (χ1v) is 3.54. The molecule has 0 aliphatic carbocycles. The molecule has 14 heavy (non-hydrogen) atoms. The molecule has 0 amide bonds. The highest BCUT2D eigenvalue weighted by atomic mass is 16.6. The van der Waals surface area contributed by atoms with Crippen LogP contribution in [0.15, 0.2) is 30.2 Å². The molecule has 1 atom stereocenters. The number of azide groups is 1. The first-order chi connectivity index (χ1) is 6.70. The van der Waals surface area contributed by atoms with Gasteiger partial charge in [0.05, 0.1) is 0 Å². The van der Waals surface area contributed by atoms with Gasteiger partial charge in [0.2, 0.25) is 0 Å². The Hall–Kier alpha value is -2.34. The van der Waals surface area contributed by atoms with Crippen LogP contribution >= 0.6 is 0 Å². The largest absolute Gasteiger partial charge is 0.435 e. The van der Waals surface area contributed by atoms with Crippen LogP contribution in [0.25, 0.3) is 10.4 Å². The van der Waals surface area contributed by atoms with E-state index in [1.54, 1.807) is 0 Å². The summed E-state index contributed by atoms with van der Waals surface area (Å²) in [5.41, 5.74) is 8.20. The number of rotatable bonds is 4. The third-order valence-electron chi connectivity index (χ3n) is 1.48. The highest BCUT2D eigenvalue weighted by Crippen LogP contribution is 2.17. The number of hydrogen-bond acceptors (Lipinski definition) is 4. The van der Waals surface area contributed by atoms with Crippen molar-refractivity contribution < 1.29 is 4.92 Å². The van der Waals surface area contributed by atoms with E-state index in [-0.39, 0.29) is 5.95 Å². The SMILES string of the molecule is C=CC(N=[N+]=[N-])n1ccnc1[N+](=O)[O-]. The lowest BCUT2D eigenvalue weighted by molar-refractivity contribution is -0.397. The summed E-state index contributed by atoms with van der Waals surface area (Å²) in [6.45, 7) is 3.40. The fourth-order valence-electron chi connectivity index (χ4n) is 0.922. The fraction of sp³-hybridized carbons (Fsp3) is 0.167. The van der Waals surface area contributed by atoms with Crippen molar-refractivity contribution in [1.82, 2.24) is 9.55 Å². The van der Waals surface area contributed by atoms with E-state index in [1.807, 2.05) is 0 Å². The minimum Gasteiger partial charge on any atom is -0.390 e. The average molecular weight is 194 g/mol. The molecule has 0 saturated heterocycles. The maximum absolute atomic E-state index is 10.5. The van der Waals surface area contributed by atoms with E-state index in [4.69, 9.17) is 5.53 Å². The van der Waals surface area contributed by atoms with Gasteiger partial charge in [-0.3, -0.25) is 0 Å². The second-order valence-corrected chi connectivity index (χ2v) is 2.25. The highest BCUT2D eigenvalue weighted by Gasteiger charge is 2.19. The van der Waals surface area contributed by atoms with Gasteiger partial charge >= 0.3 is 5.95 Å². The molecular weight excluding hydrogens is 188 g/mol. The second-order valence-electron chi connectivity index (χ2n) is 2.25. The normalized spacial score (nSPS) is 11.4. The number of imidazole rings is 1. The maximum Gasteiger partial charge on any atom is 0.435 e. The van der Waals surface area contributed by atoms with Crippen molar-refractivity contribution in [3.05, 3.63) is 45.6 Å². The quantitative estimate of drug-likeness (QED) is 0.182.